The highest BCUT2D eigenvalue weighted by molar-refractivity contribution is 7.99. The van der Waals surface area contributed by atoms with E-state index in [9.17, 15) is 4.79 Å². The molecule has 1 N–H and O–H groups in total. The summed E-state index contributed by atoms with van der Waals surface area (Å²) < 4.78 is 5.40. The number of hydrogen-bond donors (Lipinski definition) is 1. The van der Waals surface area contributed by atoms with Crippen molar-refractivity contribution in [2.24, 2.45) is 5.92 Å². The fourth-order valence-electron chi connectivity index (χ4n) is 3.50. The lowest BCUT2D eigenvalue weighted by atomic mass is 9.96. The molecule has 0 atom stereocenters. The zero-order valence-corrected chi connectivity index (χ0v) is 18.5. The van der Waals surface area contributed by atoms with E-state index in [0.29, 0.717) is 18.3 Å². The van der Waals surface area contributed by atoms with Crippen LogP contribution in [0.25, 0.3) is 10.7 Å². The van der Waals surface area contributed by atoms with Crippen LogP contribution in [0.3, 0.4) is 0 Å². The molecule has 0 saturated carbocycles. The summed E-state index contributed by atoms with van der Waals surface area (Å²) in [4.78, 5) is 21.5. The van der Waals surface area contributed by atoms with Gasteiger partial charge in [0.2, 0.25) is 17.6 Å². The van der Waals surface area contributed by atoms with Crippen molar-refractivity contribution in [2.75, 3.05) is 25.4 Å². The molecule has 1 amide bonds. The normalized spacial score (nSPS) is 15.3. The number of amides is 1. The fraction of sp³-hybridized carbons (Fsp3) is 0.409. The van der Waals surface area contributed by atoms with Crippen molar-refractivity contribution >= 4 is 29.0 Å². The Morgan fingerprint density at radius 3 is 2.80 bits per heavy atom. The first-order chi connectivity index (χ1) is 14.8. The molecular weight excluding hydrogens is 416 g/mol. The Morgan fingerprint density at radius 1 is 1.20 bits per heavy atom. The van der Waals surface area contributed by atoms with E-state index in [0.717, 1.165) is 49.5 Å². The van der Waals surface area contributed by atoms with Gasteiger partial charge >= 0.3 is 0 Å². The number of thioether (sulfide) groups is 1. The van der Waals surface area contributed by atoms with Gasteiger partial charge in [-0.1, -0.05) is 29.4 Å². The van der Waals surface area contributed by atoms with Crippen LogP contribution in [-0.4, -0.2) is 46.3 Å². The van der Waals surface area contributed by atoms with Crippen molar-refractivity contribution in [3.05, 3.63) is 53.7 Å². The lowest BCUT2D eigenvalue weighted by Crippen LogP contribution is -2.40. The van der Waals surface area contributed by atoms with E-state index in [-0.39, 0.29) is 11.8 Å². The Bertz CT molecular complexity index is 906. The summed E-state index contributed by atoms with van der Waals surface area (Å²) in [6.45, 7) is 3.13. The van der Waals surface area contributed by atoms with Crippen molar-refractivity contribution in [3.63, 3.8) is 0 Å². The Morgan fingerprint density at radius 2 is 2.03 bits per heavy atom. The predicted octanol–water partition coefficient (Wildman–Crippen LogP) is 4.31. The smallest absolute Gasteiger partial charge is 0.241 e. The molecule has 30 heavy (non-hydrogen) atoms. The van der Waals surface area contributed by atoms with Crippen LogP contribution in [0, 0.1) is 5.92 Å². The van der Waals surface area contributed by atoms with E-state index < -0.39 is 0 Å². The van der Waals surface area contributed by atoms with E-state index in [2.05, 4.69) is 44.6 Å². The maximum Gasteiger partial charge on any atom is 0.241 e. The van der Waals surface area contributed by atoms with Crippen molar-refractivity contribution < 1.29 is 9.32 Å². The molecule has 3 aromatic rings. The number of carbonyl (C=O) groups is 1. The monoisotopic (exact) mass is 442 g/mol. The van der Waals surface area contributed by atoms with Crippen molar-refractivity contribution in [1.82, 2.24) is 20.4 Å². The second-order valence-electron chi connectivity index (χ2n) is 7.35. The average molecular weight is 443 g/mol. The van der Waals surface area contributed by atoms with Gasteiger partial charge in [0.05, 0.1) is 11.4 Å². The molecule has 8 heteroatoms. The molecule has 1 saturated heterocycles. The highest BCUT2D eigenvalue weighted by Crippen LogP contribution is 2.23. The zero-order valence-electron chi connectivity index (χ0n) is 16.8. The average Bonchev–Trinajstić information content (AvgIpc) is 3.47. The molecule has 0 aliphatic carbocycles. The van der Waals surface area contributed by atoms with Crippen LogP contribution in [0.15, 0.2) is 57.3 Å². The summed E-state index contributed by atoms with van der Waals surface area (Å²) in [7, 11) is 0. The van der Waals surface area contributed by atoms with Crippen LogP contribution in [0.5, 0.6) is 0 Å². The lowest BCUT2D eigenvalue weighted by molar-refractivity contribution is -0.126. The number of nitrogens with zero attached hydrogens (tertiary/aromatic N) is 3. The van der Waals surface area contributed by atoms with E-state index in [1.54, 1.807) is 11.3 Å². The summed E-state index contributed by atoms with van der Waals surface area (Å²) in [6, 6.07) is 14.3. The summed E-state index contributed by atoms with van der Waals surface area (Å²) in [6.07, 6.45) is 2.72. The van der Waals surface area contributed by atoms with Gasteiger partial charge in [-0.3, -0.25) is 9.69 Å². The quantitative estimate of drug-likeness (QED) is 0.393. The first-order valence-corrected chi connectivity index (χ1v) is 12.2. The third-order valence-corrected chi connectivity index (χ3v) is 7.12. The highest BCUT2D eigenvalue weighted by atomic mass is 32.2. The predicted molar refractivity (Wildman–Crippen MR) is 120 cm³/mol. The largest absolute Gasteiger partial charge is 0.356 e. The Labute approximate surface area is 185 Å². The molecule has 4 rings (SSSR count). The van der Waals surface area contributed by atoms with Crippen molar-refractivity contribution in [2.45, 2.75) is 30.7 Å². The van der Waals surface area contributed by atoms with Gasteiger partial charge in [0.1, 0.15) is 0 Å². The van der Waals surface area contributed by atoms with Gasteiger partial charge in [0, 0.05) is 17.4 Å². The molecule has 0 bridgehead atoms. The lowest BCUT2D eigenvalue weighted by Gasteiger charge is -2.30. The molecule has 0 spiro atoms. The van der Waals surface area contributed by atoms with Gasteiger partial charge in [-0.25, -0.2) is 0 Å². The second kappa shape index (κ2) is 10.7. The van der Waals surface area contributed by atoms with Crippen LogP contribution in [0.2, 0.25) is 0 Å². The minimum atomic E-state index is 0.104. The van der Waals surface area contributed by atoms with Crippen molar-refractivity contribution in [3.8, 4) is 10.7 Å². The number of hydrogen-bond acceptors (Lipinski definition) is 7. The summed E-state index contributed by atoms with van der Waals surface area (Å²) in [5.74, 6) is 2.60. The maximum atomic E-state index is 12.5. The first kappa shape index (κ1) is 21.1. The topological polar surface area (TPSA) is 71.3 Å². The number of rotatable bonds is 9. The number of thiophene rings is 1. The maximum absolute atomic E-state index is 12.5. The van der Waals surface area contributed by atoms with E-state index in [4.69, 9.17) is 4.52 Å². The minimum Gasteiger partial charge on any atom is -0.356 e. The Balaban J connectivity index is 1.12. The zero-order chi connectivity index (χ0) is 20.6. The number of aromatic nitrogens is 2. The van der Waals surface area contributed by atoms with Crippen LogP contribution in [0.4, 0.5) is 0 Å². The fourth-order valence-corrected chi connectivity index (χ4v) is 5.03. The molecule has 1 fully saturated rings. The van der Waals surface area contributed by atoms with Crippen LogP contribution in [0.1, 0.15) is 25.2 Å². The first-order valence-electron chi connectivity index (χ1n) is 10.3. The van der Waals surface area contributed by atoms with Gasteiger partial charge in [-0.05, 0) is 61.7 Å². The summed E-state index contributed by atoms with van der Waals surface area (Å²) in [5, 5.41) is 9.18. The molecule has 2 aromatic heterocycles. The molecule has 0 radical (unpaired) electrons. The van der Waals surface area contributed by atoms with Crippen LogP contribution < -0.4 is 5.32 Å². The Kier molecular flexibility index (Phi) is 7.55. The number of benzene rings is 1. The molecule has 1 aromatic carbocycles. The van der Waals surface area contributed by atoms with Gasteiger partial charge in [0.25, 0.3) is 0 Å². The van der Waals surface area contributed by atoms with Gasteiger partial charge in [0.15, 0.2) is 0 Å². The summed E-state index contributed by atoms with van der Waals surface area (Å²) >= 11 is 3.44. The number of nitrogens with one attached hydrogen (secondary N) is 1. The minimum absolute atomic E-state index is 0.104. The van der Waals surface area contributed by atoms with Gasteiger partial charge in [-0.2, -0.15) is 4.98 Å². The molecule has 1 aliphatic heterocycles. The third kappa shape index (κ3) is 5.93. The third-order valence-electron chi connectivity index (χ3n) is 5.16. The number of piperidine rings is 1. The van der Waals surface area contributed by atoms with Gasteiger partial charge in [-0.15, -0.1) is 23.1 Å². The molecule has 1 aliphatic rings. The van der Waals surface area contributed by atoms with E-state index in [1.165, 1.54) is 4.90 Å². The molecule has 3 heterocycles. The molecular formula is C22H26N4O2S2. The van der Waals surface area contributed by atoms with Crippen LogP contribution >= 0.6 is 23.1 Å². The summed E-state index contributed by atoms with van der Waals surface area (Å²) in [5.41, 5.74) is 0. The number of likely N-dealkylation sites (tertiary alicyclic amines) is 1. The van der Waals surface area contributed by atoms with E-state index in [1.807, 2.05) is 35.3 Å². The van der Waals surface area contributed by atoms with Crippen molar-refractivity contribution in [1.29, 1.82) is 0 Å². The van der Waals surface area contributed by atoms with Crippen LogP contribution in [-0.2, 0) is 11.3 Å². The molecule has 6 nitrogen and oxygen atoms in total. The molecule has 158 valence electrons. The highest BCUT2D eigenvalue weighted by Gasteiger charge is 2.25. The Hall–Kier alpha value is -2.16. The van der Waals surface area contributed by atoms with E-state index >= 15 is 0 Å². The second-order valence-corrected chi connectivity index (χ2v) is 9.46. The standard InChI is InChI=1S/C22H26N4O2S2/c27-22(23-11-5-15-29-18-6-2-1-3-7-18)17-9-12-26(13-10-17)16-20-24-21(25-28-20)19-8-4-14-30-19/h1-4,6-8,14,17H,5,9-13,15-16H2,(H,23,27). The molecule has 0 unspecified atom stereocenters. The SMILES string of the molecule is O=C(NCCCSc1ccccc1)C1CCN(Cc2nc(-c3cccs3)no2)CC1. The number of carbonyl (C=O) groups excluding carboxylic acids is 1. The van der Waals surface area contributed by atoms with Gasteiger partial charge < -0.3 is 9.84 Å².